The quantitative estimate of drug-likeness (QED) is 0.665. The predicted molar refractivity (Wildman–Crippen MR) is 113 cm³/mol. The number of carbonyl (C=O) groups excluding carboxylic acids is 1. The van der Waals surface area contributed by atoms with Crippen molar-refractivity contribution < 1.29 is 9.18 Å². The first-order chi connectivity index (χ1) is 14.7. The second-order valence-electron chi connectivity index (χ2n) is 8.29. The topological polar surface area (TPSA) is 53.7 Å². The first-order valence-corrected chi connectivity index (χ1v) is 10.8. The van der Waals surface area contributed by atoms with Crippen LogP contribution in [0.1, 0.15) is 42.5 Å². The number of carbonyl (C=O) groups is 1. The molecule has 4 heterocycles. The number of nitrogens with zero attached hydrogens (tertiary/aromatic N) is 5. The van der Waals surface area contributed by atoms with E-state index in [-0.39, 0.29) is 11.7 Å². The average Bonchev–Trinajstić information content (AvgIpc) is 3.23. The molecular weight excluding hydrogens is 381 g/mol. The van der Waals surface area contributed by atoms with Gasteiger partial charge in [0.1, 0.15) is 5.82 Å². The van der Waals surface area contributed by atoms with E-state index in [0.717, 1.165) is 31.5 Å². The Morgan fingerprint density at radius 3 is 2.40 bits per heavy atom. The van der Waals surface area contributed by atoms with Crippen molar-refractivity contribution in [2.75, 3.05) is 26.2 Å². The minimum Gasteiger partial charge on any atom is -0.339 e. The summed E-state index contributed by atoms with van der Waals surface area (Å²) >= 11 is 0. The molecule has 0 atom stereocenters. The number of aromatic nitrogens is 3. The van der Waals surface area contributed by atoms with Gasteiger partial charge in [-0.1, -0.05) is 6.42 Å². The van der Waals surface area contributed by atoms with Crippen LogP contribution in [0.15, 0.2) is 42.6 Å². The van der Waals surface area contributed by atoms with Crippen LogP contribution in [0.4, 0.5) is 4.39 Å². The van der Waals surface area contributed by atoms with E-state index in [1.807, 2.05) is 21.6 Å². The van der Waals surface area contributed by atoms with Gasteiger partial charge in [0.15, 0.2) is 11.5 Å². The van der Waals surface area contributed by atoms with Crippen molar-refractivity contribution in [1.29, 1.82) is 0 Å². The number of halogens is 1. The summed E-state index contributed by atoms with van der Waals surface area (Å²) in [6.45, 7) is 4.02. The second kappa shape index (κ2) is 8.14. The van der Waals surface area contributed by atoms with Crippen molar-refractivity contribution in [3.63, 3.8) is 0 Å². The number of fused-ring (bicyclic) bond motifs is 1. The number of amides is 1. The first kappa shape index (κ1) is 19.2. The van der Waals surface area contributed by atoms with Gasteiger partial charge in [-0.15, -0.1) is 10.2 Å². The normalized spacial score (nSPS) is 18.8. The van der Waals surface area contributed by atoms with Crippen LogP contribution in [-0.4, -0.2) is 62.5 Å². The smallest absolute Gasteiger partial charge is 0.254 e. The minimum absolute atomic E-state index is 0.0564. The predicted octanol–water partition coefficient (Wildman–Crippen LogP) is 3.63. The molecule has 1 amide bonds. The number of likely N-dealkylation sites (tertiary alicyclic amines) is 2. The zero-order valence-electron chi connectivity index (χ0n) is 17.0. The summed E-state index contributed by atoms with van der Waals surface area (Å²) in [4.78, 5) is 17.6. The third-order valence-electron chi connectivity index (χ3n) is 6.42. The Morgan fingerprint density at radius 1 is 0.933 bits per heavy atom. The van der Waals surface area contributed by atoms with Crippen LogP contribution >= 0.6 is 0 Å². The first-order valence-electron chi connectivity index (χ1n) is 10.8. The maximum atomic E-state index is 13.2. The lowest BCUT2D eigenvalue weighted by Crippen LogP contribution is -2.48. The van der Waals surface area contributed by atoms with E-state index in [4.69, 9.17) is 0 Å². The average molecular weight is 407 g/mol. The monoisotopic (exact) mass is 407 g/mol. The van der Waals surface area contributed by atoms with Crippen LogP contribution in [-0.2, 0) is 0 Å². The van der Waals surface area contributed by atoms with Gasteiger partial charge in [-0.05, 0) is 75.2 Å². The summed E-state index contributed by atoms with van der Waals surface area (Å²) in [5.41, 5.74) is 2.03. The minimum atomic E-state index is -0.287. The number of benzene rings is 1. The number of pyridine rings is 1. The number of hydrogen-bond donors (Lipinski definition) is 0. The lowest BCUT2D eigenvalue weighted by Gasteiger charge is -2.40. The Bertz CT molecular complexity index is 1030. The Labute approximate surface area is 175 Å². The van der Waals surface area contributed by atoms with Crippen LogP contribution in [0.25, 0.3) is 17.0 Å². The number of hydrogen-bond acceptors (Lipinski definition) is 4. The van der Waals surface area contributed by atoms with Crippen molar-refractivity contribution in [3.8, 4) is 11.4 Å². The van der Waals surface area contributed by atoms with Gasteiger partial charge in [0.25, 0.3) is 5.91 Å². The van der Waals surface area contributed by atoms with Crippen LogP contribution < -0.4 is 0 Å². The molecule has 30 heavy (non-hydrogen) atoms. The summed E-state index contributed by atoms with van der Waals surface area (Å²) in [5, 5.41) is 8.45. The Morgan fingerprint density at radius 2 is 1.67 bits per heavy atom. The van der Waals surface area contributed by atoms with Gasteiger partial charge in [-0.2, -0.15) is 0 Å². The molecule has 6 nitrogen and oxygen atoms in total. The molecule has 156 valence electrons. The van der Waals surface area contributed by atoms with E-state index in [2.05, 4.69) is 15.1 Å². The van der Waals surface area contributed by atoms with Crippen molar-refractivity contribution in [1.82, 2.24) is 24.4 Å². The van der Waals surface area contributed by atoms with Crippen LogP contribution in [0, 0.1) is 5.82 Å². The molecule has 2 aliphatic rings. The highest BCUT2D eigenvalue weighted by Crippen LogP contribution is 2.23. The summed E-state index contributed by atoms with van der Waals surface area (Å²) in [5.74, 6) is 0.400. The summed E-state index contributed by atoms with van der Waals surface area (Å²) in [6, 6.07) is 10.4. The van der Waals surface area contributed by atoms with Crippen LogP contribution in [0.3, 0.4) is 0 Å². The molecule has 0 saturated carbocycles. The zero-order valence-corrected chi connectivity index (χ0v) is 17.0. The Balaban J connectivity index is 1.29. The summed E-state index contributed by atoms with van der Waals surface area (Å²) in [7, 11) is 0. The highest BCUT2D eigenvalue weighted by Gasteiger charge is 2.28. The third kappa shape index (κ3) is 3.69. The van der Waals surface area contributed by atoms with E-state index in [1.165, 1.54) is 44.5 Å². The lowest BCUT2D eigenvalue weighted by molar-refractivity contribution is 0.0590. The van der Waals surface area contributed by atoms with E-state index < -0.39 is 0 Å². The maximum absolute atomic E-state index is 13.2. The molecule has 0 unspecified atom stereocenters. The van der Waals surface area contributed by atoms with Gasteiger partial charge >= 0.3 is 0 Å². The van der Waals surface area contributed by atoms with Crippen molar-refractivity contribution in [2.24, 2.45) is 0 Å². The molecule has 0 bridgehead atoms. The van der Waals surface area contributed by atoms with Crippen molar-refractivity contribution >= 4 is 11.6 Å². The van der Waals surface area contributed by atoms with Gasteiger partial charge < -0.3 is 9.80 Å². The van der Waals surface area contributed by atoms with Gasteiger partial charge in [0, 0.05) is 36.5 Å². The largest absolute Gasteiger partial charge is 0.339 e. The molecule has 7 heteroatoms. The van der Waals surface area contributed by atoms with E-state index in [9.17, 15) is 9.18 Å². The Hall–Kier alpha value is -2.80. The molecule has 2 aliphatic heterocycles. The molecule has 2 fully saturated rings. The molecule has 0 spiro atoms. The number of rotatable bonds is 3. The molecule has 0 radical (unpaired) electrons. The molecule has 2 saturated heterocycles. The molecule has 2 aromatic heterocycles. The second-order valence-corrected chi connectivity index (χ2v) is 8.29. The van der Waals surface area contributed by atoms with Crippen LogP contribution in [0.2, 0.25) is 0 Å². The number of piperidine rings is 2. The highest BCUT2D eigenvalue weighted by atomic mass is 19.1. The third-order valence-corrected chi connectivity index (χ3v) is 6.42. The fourth-order valence-electron chi connectivity index (χ4n) is 4.72. The lowest BCUT2D eigenvalue weighted by atomic mass is 9.99. The van der Waals surface area contributed by atoms with Crippen LogP contribution in [0.5, 0.6) is 0 Å². The maximum Gasteiger partial charge on any atom is 0.254 e. The van der Waals surface area contributed by atoms with Gasteiger partial charge in [0.05, 0.1) is 0 Å². The van der Waals surface area contributed by atoms with Crippen molar-refractivity contribution in [2.45, 2.75) is 38.1 Å². The fraction of sp³-hybridized carbons (Fsp3) is 0.435. The highest BCUT2D eigenvalue weighted by molar-refractivity contribution is 5.95. The molecule has 3 aromatic rings. The van der Waals surface area contributed by atoms with Gasteiger partial charge in [0.2, 0.25) is 0 Å². The fourth-order valence-corrected chi connectivity index (χ4v) is 4.72. The summed E-state index contributed by atoms with van der Waals surface area (Å²) < 4.78 is 15.0. The van der Waals surface area contributed by atoms with Gasteiger partial charge in [-0.3, -0.25) is 9.20 Å². The van der Waals surface area contributed by atoms with Crippen molar-refractivity contribution in [3.05, 3.63) is 54.0 Å². The molecule has 0 N–H and O–H groups in total. The molecule has 0 aliphatic carbocycles. The molecule has 1 aromatic carbocycles. The standard InChI is InChI=1S/C23H26FN5O/c24-19-6-4-17(5-7-19)22-26-25-21-16-18(8-15-29(21)22)23(30)28-13-9-20(10-14-28)27-11-2-1-3-12-27/h4-8,15-16,20H,1-3,9-14H2. The Kier molecular flexibility index (Phi) is 5.21. The van der Waals surface area contributed by atoms with E-state index in [0.29, 0.717) is 23.1 Å². The molecule has 5 rings (SSSR count). The SMILES string of the molecule is O=C(c1ccn2c(-c3ccc(F)cc3)nnc2c1)N1CCC(N2CCCCC2)CC1. The molecular formula is C23H26FN5O. The zero-order chi connectivity index (χ0) is 20.5. The van der Waals surface area contributed by atoms with Gasteiger partial charge in [-0.25, -0.2) is 4.39 Å². The van der Waals surface area contributed by atoms with E-state index in [1.54, 1.807) is 18.2 Å². The summed E-state index contributed by atoms with van der Waals surface area (Å²) in [6.07, 6.45) is 7.87. The van der Waals surface area contributed by atoms with E-state index >= 15 is 0 Å².